The number of hydrogen-bond acceptors (Lipinski definition) is 4. The highest BCUT2D eigenvalue weighted by Crippen LogP contribution is 2.21. The van der Waals surface area contributed by atoms with Crippen LogP contribution in [0.25, 0.3) is 0 Å². The molecule has 0 saturated heterocycles. The van der Waals surface area contributed by atoms with Gasteiger partial charge in [-0.05, 0) is 49.9 Å². The zero-order chi connectivity index (χ0) is 14.5. The van der Waals surface area contributed by atoms with E-state index in [1.165, 1.54) is 0 Å². The quantitative estimate of drug-likeness (QED) is 0.752. The van der Waals surface area contributed by atoms with E-state index in [1.54, 1.807) is 17.8 Å². The molecule has 4 nitrogen and oxygen atoms in total. The van der Waals surface area contributed by atoms with Gasteiger partial charge in [0.15, 0.2) is 0 Å². The van der Waals surface area contributed by atoms with Crippen LogP contribution in [0.5, 0.6) is 0 Å². The molecule has 0 aliphatic carbocycles. The summed E-state index contributed by atoms with van der Waals surface area (Å²) in [6.07, 6.45) is 1.96. The van der Waals surface area contributed by atoms with Crippen LogP contribution in [0, 0.1) is 13.8 Å². The number of benzene rings is 1. The molecule has 0 heterocycles. The minimum Gasteiger partial charge on any atom is -0.316 e. The lowest BCUT2D eigenvalue weighted by atomic mass is 10.1. The number of rotatable bonds is 7. The molecule has 0 aliphatic rings. The van der Waals surface area contributed by atoms with Gasteiger partial charge in [0, 0.05) is 18.8 Å². The van der Waals surface area contributed by atoms with Crippen LogP contribution in [0.1, 0.15) is 16.7 Å². The molecule has 0 radical (unpaired) electrons. The number of nitrogens with one attached hydrogen (secondary N) is 2. The second kappa shape index (κ2) is 7.28. The summed E-state index contributed by atoms with van der Waals surface area (Å²) in [5.74, 6) is 0.771. The fraction of sp³-hybridized carbons (Fsp3) is 0.538. The van der Waals surface area contributed by atoms with Gasteiger partial charge in [0.05, 0.1) is 4.90 Å². The smallest absolute Gasteiger partial charge is 0.240 e. The molecule has 1 aromatic rings. The Labute approximate surface area is 120 Å². The number of aryl methyl sites for hydroxylation is 1. The average Bonchev–Trinajstić information content (AvgIpc) is 2.34. The van der Waals surface area contributed by atoms with Crippen molar-refractivity contribution in [2.24, 2.45) is 0 Å². The standard InChI is InChI=1S/C13H22N2O2S2/c1-10-7-12(9-14-3)8-13(11(10)2)19(16,17)15-5-6-18-4/h7-8,14-15H,5-6,9H2,1-4H3. The van der Waals surface area contributed by atoms with Gasteiger partial charge < -0.3 is 5.32 Å². The monoisotopic (exact) mass is 302 g/mol. The second-order valence-corrected chi connectivity index (χ2v) is 7.18. The Morgan fingerprint density at radius 3 is 2.53 bits per heavy atom. The fourth-order valence-corrected chi connectivity index (χ4v) is 3.67. The van der Waals surface area contributed by atoms with Crippen LogP contribution in [-0.2, 0) is 16.6 Å². The lowest BCUT2D eigenvalue weighted by molar-refractivity contribution is 0.583. The van der Waals surface area contributed by atoms with E-state index in [0.29, 0.717) is 18.0 Å². The fourth-order valence-electron chi connectivity index (χ4n) is 1.84. The molecule has 108 valence electrons. The van der Waals surface area contributed by atoms with Crippen LogP contribution >= 0.6 is 11.8 Å². The van der Waals surface area contributed by atoms with Gasteiger partial charge >= 0.3 is 0 Å². The van der Waals surface area contributed by atoms with Gasteiger partial charge in [-0.25, -0.2) is 13.1 Å². The molecule has 0 aromatic heterocycles. The van der Waals surface area contributed by atoms with Crippen molar-refractivity contribution in [3.05, 3.63) is 28.8 Å². The molecule has 1 aromatic carbocycles. The molecule has 6 heteroatoms. The maximum Gasteiger partial charge on any atom is 0.240 e. The molecule has 0 aliphatic heterocycles. The summed E-state index contributed by atoms with van der Waals surface area (Å²) >= 11 is 1.62. The van der Waals surface area contributed by atoms with Crippen LogP contribution < -0.4 is 10.0 Å². The van der Waals surface area contributed by atoms with Gasteiger partial charge in [0.2, 0.25) is 10.0 Å². The van der Waals surface area contributed by atoms with Crippen LogP contribution in [0.3, 0.4) is 0 Å². The minimum absolute atomic E-state index is 0.388. The summed E-state index contributed by atoms with van der Waals surface area (Å²) in [6, 6.07) is 3.77. The van der Waals surface area contributed by atoms with E-state index in [9.17, 15) is 8.42 Å². The summed E-state index contributed by atoms with van der Waals surface area (Å²) in [6.45, 7) is 4.91. The molecule has 1 rings (SSSR count). The van der Waals surface area contributed by atoms with Crippen molar-refractivity contribution in [1.82, 2.24) is 10.0 Å². The van der Waals surface area contributed by atoms with E-state index in [-0.39, 0.29) is 0 Å². The Kier molecular flexibility index (Phi) is 6.32. The van der Waals surface area contributed by atoms with Crippen molar-refractivity contribution in [1.29, 1.82) is 0 Å². The van der Waals surface area contributed by atoms with E-state index < -0.39 is 10.0 Å². The zero-order valence-corrected chi connectivity index (χ0v) is 13.5. The molecule has 0 fully saturated rings. The third-order valence-electron chi connectivity index (χ3n) is 2.95. The first-order chi connectivity index (χ1) is 8.92. The van der Waals surface area contributed by atoms with Crippen LogP contribution in [0.15, 0.2) is 17.0 Å². The molecule has 0 atom stereocenters. The van der Waals surface area contributed by atoms with Gasteiger partial charge in [-0.1, -0.05) is 6.07 Å². The average molecular weight is 302 g/mol. The first-order valence-corrected chi connectivity index (χ1v) is 9.03. The summed E-state index contributed by atoms with van der Waals surface area (Å²) in [7, 11) is -1.57. The normalized spacial score (nSPS) is 11.8. The lowest BCUT2D eigenvalue weighted by Gasteiger charge is -2.13. The first-order valence-electron chi connectivity index (χ1n) is 6.15. The summed E-state index contributed by atoms with van der Waals surface area (Å²) in [5, 5.41) is 3.04. The Hall–Kier alpha value is -0.560. The molecule has 2 N–H and O–H groups in total. The maximum atomic E-state index is 12.3. The Morgan fingerprint density at radius 1 is 1.26 bits per heavy atom. The van der Waals surface area contributed by atoms with Crippen molar-refractivity contribution < 1.29 is 8.42 Å². The van der Waals surface area contributed by atoms with Gasteiger partial charge in [0.1, 0.15) is 0 Å². The van der Waals surface area contributed by atoms with Gasteiger partial charge in [-0.15, -0.1) is 0 Å². The number of hydrogen-bond donors (Lipinski definition) is 2. The predicted octanol–water partition coefficient (Wildman–Crippen LogP) is 1.66. The SMILES string of the molecule is CNCc1cc(C)c(C)c(S(=O)(=O)NCCSC)c1. The van der Waals surface area contributed by atoms with Crippen molar-refractivity contribution in [3.8, 4) is 0 Å². The van der Waals surface area contributed by atoms with E-state index >= 15 is 0 Å². The van der Waals surface area contributed by atoms with Crippen molar-refractivity contribution in [3.63, 3.8) is 0 Å². The third-order valence-corrected chi connectivity index (χ3v) is 5.15. The van der Waals surface area contributed by atoms with E-state index in [4.69, 9.17) is 0 Å². The summed E-state index contributed by atoms with van der Waals surface area (Å²) < 4.78 is 27.2. The third kappa shape index (κ3) is 4.49. The van der Waals surface area contributed by atoms with E-state index in [0.717, 1.165) is 22.4 Å². The number of sulfonamides is 1. The molecule has 0 unspecified atom stereocenters. The topological polar surface area (TPSA) is 58.2 Å². The van der Waals surface area contributed by atoms with Gasteiger partial charge in [-0.2, -0.15) is 11.8 Å². The number of thioether (sulfide) groups is 1. The van der Waals surface area contributed by atoms with Crippen molar-refractivity contribution in [2.75, 3.05) is 25.6 Å². The van der Waals surface area contributed by atoms with Gasteiger partial charge in [-0.3, -0.25) is 0 Å². The molecule has 0 bridgehead atoms. The molecule has 19 heavy (non-hydrogen) atoms. The predicted molar refractivity (Wildman–Crippen MR) is 82.3 cm³/mol. The first kappa shape index (κ1) is 16.5. The summed E-state index contributed by atoms with van der Waals surface area (Å²) in [5.41, 5.74) is 2.80. The zero-order valence-electron chi connectivity index (χ0n) is 11.9. The Balaban J connectivity index is 3.10. The van der Waals surface area contributed by atoms with Crippen molar-refractivity contribution in [2.45, 2.75) is 25.3 Å². The van der Waals surface area contributed by atoms with Gasteiger partial charge in [0.25, 0.3) is 0 Å². The molecule has 0 spiro atoms. The second-order valence-electron chi connectivity index (χ2n) is 4.46. The minimum atomic E-state index is -3.42. The Bertz CT molecular complexity index is 528. The van der Waals surface area contributed by atoms with E-state index in [2.05, 4.69) is 10.0 Å². The largest absolute Gasteiger partial charge is 0.316 e. The highest BCUT2D eigenvalue weighted by atomic mass is 32.2. The highest BCUT2D eigenvalue weighted by Gasteiger charge is 2.18. The molecule has 0 saturated carbocycles. The lowest BCUT2D eigenvalue weighted by Crippen LogP contribution is -2.27. The van der Waals surface area contributed by atoms with E-state index in [1.807, 2.05) is 33.2 Å². The molecular weight excluding hydrogens is 280 g/mol. The highest BCUT2D eigenvalue weighted by molar-refractivity contribution is 7.98. The van der Waals surface area contributed by atoms with Crippen LogP contribution in [0.4, 0.5) is 0 Å². The van der Waals surface area contributed by atoms with Crippen molar-refractivity contribution >= 4 is 21.8 Å². The molecule has 0 amide bonds. The van der Waals surface area contributed by atoms with Crippen LogP contribution in [0.2, 0.25) is 0 Å². The van der Waals surface area contributed by atoms with Crippen LogP contribution in [-0.4, -0.2) is 34.0 Å². The molecular formula is C13H22N2O2S2. The Morgan fingerprint density at radius 2 is 1.95 bits per heavy atom. The maximum absolute atomic E-state index is 12.3. The summed E-state index contributed by atoms with van der Waals surface area (Å²) in [4.78, 5) is 0.388.